The lowest BCUT2D eigenvalue weighted by Gasteiger charge is -2.44. The predicted octanol–water partition coefficient (Wildman–Crippen LogP) is 1.40. The molecular weight excluding hydrogens is 308 g/mol. The van der Waals surface area contributed by atoms with Crippen LogP contribution >= 0.6 is 0 Å². The molecule has 0 aromatic carbocycles. The van der Waals surface area contributed by atoms with E-state index in [4.69, 9.17) is 10.8 Å². The lowest BCUT2D eigenvalue weighted by Crippen LogP contribution is -2.62. The van der Waals surface area contributed by atoms with E-state index in [1.807, 2.05) is 0 Å². The van der Waals surface area contributed by atoms with Crippen LogP contribution in [0.2, 0.25) is 0 Å². The van der Waals surface area contributed by atoms with Crippen LogP contribution < -0.4 is 11.1 Å². The van der Waals surface area contributed by atoms with Gasteiger partial charge in [0, 0.05) is 11.6 Å². The molecule has 1 aliphatic rings. The second-order valence-electron chi connectivity index (χ2n) is 8.85. The molecule has 0 radical (unpaired) electrons. The van der Waals surface area contributed by atoms with Crippen molar-refractivity contribution in [1.82, 2.24) is 5.32 Å². The van der Waals surface area contributed by atoms with E-state index in [9.17, 15) is 14.7 Å². The summed E-state index contributed by atoms with van der Waals surface area (Å²) in [6.07, 6.45) is 0.410. The molecule has 6 heteroatoms. The quantitative estimate of drug-likeness (QED) is 0.496. The summed E-state index contributed by atoms with van der Waals surface area (Å²) in [6, 6.07) is -1.29. The zero-order valence-corrected chi connectivity index (χ0v) is 15.7. The van der Waals surface area contributed by atoms with Crippen LogP contribution in [0.5, 0.6) is 0 Å². The standard InChI is InChI=1S/C18H34N2O4/c1-10-8-17(3,4)14(11(10)2)15(16(24)18(5,6)19)20-12(9-21)7-13(22)23/h9-12,14-16,20,24H,7-8,19H2,1-6H3,(H,22,23)/t10?,11?,12-,14?,15?,16?/m1/s1. The topological polar surface area (TPSA) is 113 Å². The highest BCUT2D eigenvalue weighted by atomic mass is 16.4. The highest BCUT2D eigenvalue weighted by Gasteiger charge is 2.51. The molecule has 0 saturated heterocycles. The molecule has 1 fully saturated rings. The molecule has 0 bridgehead atoms. The predicted molar refractivity (Wildman–Crippen MR) is 93.5 cm³/mol. The van der Waals surface area contributed by atoms with Crippen molar-refractivity contribution < 1.29 is 19.8 Å². The molecule has 0 aromatic heterocycles. The molecular formula is C18H34N2O4. The summed E-state index contributed by atoms with van der Waals surface area (Å²) in [4.78, 5) is 22.3. The molecule has 24 heavy (non-hydrogen) atoms. The van der Waals surface area contributed by atoms with Crippen molar-refractivity contribution in [2.45, 2.75) is 78.1 Å². The summed E-state index contributed by atoms with van der Waals surface area (Å²) in [5, 5.41) is 23.0. The van der Waals surface area contributed by atoms with Gasteiger partial charge in [0.05, 0.1) is 18.6 Å². The number of carboxylic acids is 1. The Morgan fingerprint density at radius 3 is 2.29 bits per heavy atom. The average Bonchev–Trinajstić information content (AvgIpc) is 2.61. The van der Waals surface area contributed by atoms with Crippen LogP contribution in [0.3, 0.4) is 0 Å². The molecule has 1 saturated carbocycles. The lowest BCUT2D eigenvalue weighted by atomic mass is 9.70. The van der Waals surface area contributed by atoms with E-state index in [-0.39, 0.29) is 17.8 Å². The zero-order chi connectivity index (χ0) is 18.9. The van der Waals surface area contributed by atoms with Crippen LogP contribution in [-0.4, -0.2) is 46.2 Å². The fraction of sp³-hybridized carbons (Fsp3) is 0.889. The number of aliphatic hydroxyl groups is 1. The van der Waals surface area contributed by atoms with Gasteiger partial charge in [-0.1, -0.05) is 27.7 Å². The number of aliphatic hydroxyl groups excluding tert-OH is 1. The van der Waals surface area contributed by atoms with Gasteiger partial charge in [-0.15, -0.1) is 0 Å². The van der Waals surface area contributed by atoms with Gasteiger partial charge >= 0.3 is 5.97 Å². The molecule has 0 aliphatic heterocycles. The van der Waals surface area contributed by atoms with Crippen molar-refractivity contribution in [2.24, 2.45) is 28.9 Å². The molecule has 6 nitrogen and oxygen atoms in total. The highest BCUT2D eigenvalue weighted by Crippen LogP contribution is 2.52. The molecule has 5 N–H and O–H groups in total. The monoisotopic (exact) mass is 342 g/mol. The fourth-order valence-corrected chi connectivity index (χ4v) is 4.47. The van der Waals surface area contributed by atoms with E-state index >= 15 is 0 Å². The minimum Gasteiger partial charge on any atom is -0.481 e. The minimum absolute atomic E-state index is 0.0423. The molecule has 0 amide bonds. The van der Waals surface area contributed by atoms with Gasteiger partial charge in [-0.2, -0.15) is 0 Å². The van der Waals surface area contributed by atoms with E-state index < -0.39 is 29.7 Å². The third-order valence-electron chi connectivity index (χ3n) is 5.67. The van der Waals surface area contributed by atoms with Crippen LogP contribution in [0.1, 0.15) is 54.4 Å². The summed E-state index contributed by atoms with van der Waals surface area (Å²) >= 11 is 0. The Hall–Kier alpha value is -0.980. The van der Waals surface area contributed by atoms with E-state index in [0.29, 0.717) is 18.1 Å². The fourth-order valence-electron chi connectivity index (χ4n) is 4.47. The van der Waals surface area contributed by atoms with Crippen molar-refractivity contribution in [1.29, 1.82) is 0 Å². The number of hydrogen-bond donors (Lipinski definition) is 4. The van der Waals surface area contributed by atoms with E-state index in [1.54, 1.807) is 13.8 Å². The van der Waals surface area contributed by atoms with Crippen molar-refractivity contribution in [2.75, 3.05) is 0 Å². The number of carboxylic acid groups (broad SMARTS) is 1. The van der Waals surface area contributed by atoms with E-state index in [0.717, 1.165) is 6.42 Å². The van der Waals surface area contributed by atoms with E-state index in [1.165, 1.54) is 0 Å². The van der Waals surface area contributed by atoms with Gasteiger partial charge in [0.15, 0.2) is 0 Å². The Morgan fingerprint density at radius 2 is 1.96 bits per heavy atom. The number of aldehydes is 1. The van der Waals surface area contributed by atoms with Crippen molar-refractivity contribution >= 4 is 12.3 Å². The maximum absolute atomic E-state index is 11.3. The second kappa shape index (κ2) is 7.50. The smallest absolute Gasteiger partial charge is 0.305 e. The number of carbonyl (C=O) groups excluding carboxylic acids is 1. The Labute approximate surface area is 145 Å². The first-order chi connectivity index (χ1) is 10.8. The first-order valence-electron chi connectivity index (χ1n) is 8.71. The first-order valence-corrected chi connectivity index (χ1v) is 8.71. The van der Waals surface area contributed by atoms with Gasteiger partial charge in [-0.25, -0.2) is 0 Å². The molecule has 0 heterocycles. The lowest BCUT2D eigenvalue weighted by molar-refractivity contribution is -0.138. The average molecular weight is 342 g/mol. The molecule has 5 unspecified atom stereocenters. The molecule has 0 spiro atoms. The minimum atomic E-state index is -1.05. The third kappa shape index (κ3) is 4.77. The summed E-state index contributed by atoms with van der Waals surface area (Å²) in [6.45, 7) is 12.2. The normalized spacial score (nSPS) is 30.6. The Kier molecular flexibility index (Phi) is 6.58. The summed E-state index contributed by atoms with van der Waals surface area (Å²) in [7, 11) is 0. The van der Waals surface area contributed by atoms with Gasteiger partial charge in [-0.05, 0) is 43.4 Å². The van der Waals surface area contributed by atoms with Gasteiger partial charge in [0.2, 0.25) is 0 Å². The van der Waals surface area contributed by atoms with Crippen LogP contribution in [0, 0.1) is 23.2 Å². The van der Waals surface area contributed by atoms with Crippen LogP contribution in [0.15, 0.2) is 0 Å². The van der Waals surface area contributed by atoms with Gasteiger partial charge in [0.25, 0.3) is 0 Å². The number of nitrogens with two attached hydrogens (primary N) is 1. The first kappa shape index (κ1) is 21.1. The second-order valence-corrected chi connectivity index (χ2v) is 8.85. The maximum Gasteiger partial charge on any atom is 0.305 e. The number of hydrogen-bond acceptors (Lipinski definition) is 5. The van der Waals surface area contributed by atoms with Crippen LogP contribution in [-0.2, 0) is 9.59 Å². The summed E-state index contributed by atoms with van der Waals surface area (Å²) in [5.41, 5.74) is 5.23. The van der Waals surface area contributed by atoms with Gasteiger partial charge in [-0.3, -0.25) is 4.79 Å². The van der Waals surface area contributed by atoms with Crippen LogP contribution in [0.25, 0.3) is 0 Å². The zero-order valence-electron chi connectivity index (χ0n) is 15.7. The Morgan fingerprint density at radius 1 is 1.42 bits per heavy atom. The Balaban J connectivity index is 3.18. The van der Waals surface area contributed by atoms with Crippen LogP contribution in [0.4, 0.5) is 0 Å². The largest absolute Gasteiger partial charge is 0.481 e. The summed E-state index contributed by atoms with van der Waals surface area (Å²) < 4.78 is 0. The number of rotatable bonds is 8. The summed E-state index contributed by atoms with van der Waals surface area (Å²) in [5.74, 6) is -0.156. The molecule has 1 aliphatic carbocycles. The molecule has 0 aromatic rings. The van der Waals surface area contributed by atoms with Gasteiger partial charge < -0.3 is 26.1 Å². The molecule has 140 valence electrons. The third-order valence-corrected chi connectivity index (χ3v) is 5.67. The number of carbonyl (C=O) groups is 2. The van der Waals surface area contributed by atoms with Crippen molar-refractivity contribution in [3.8, 4) is 0 Å². The van der Waals surface area contributed by atoms with Crippen molar-refractivity contribution in [3.63, 3.8) is 0 Å². The molecule has 1 rings (SSSR count). The highest BCUT2D eigenvalue weighted by molar-refractivity contribution is 5.73. The maximum atomic E-state index is 11.3. The number of aliphatic carboxylic acids is 1. The Bertz CT molecular complexity index is 458. The van der Waals surface area contributed by atoms with Gasteiger partial charge in [0.1, 0.15) is 6.29 Å². The van der Waals surface area contributed by atoms with Crippen molar-refractivity contribution in [3.05, 3.63) is 0 Å². The molecule has 6 atom stereocenters. The van der Waals surface area contributed by atoms with E-state index in [2.05, 4.69) is 33.0 Å². The SMILES string of the molecule is CC1CC(C)(C)C(C(N[C@@H](C=O)CC(=O)O)C(O)C(C)(C)N)C1C. The number of nitrogens with one attached hydrogen (secondary N) is 1.